The molecule has 0 saturated heterocycles. The molecule has 0 radical (unpaired) electrons. The molecule has 0 aromatic rings. The fourth-order valence-electron chi connectivity index (χ4n) is 2.42. The van der Waals surface area contributed by atoms with E-state index in [-0.39, 0.29) is 12.6 Å². The number of carbonyl (C=O) groups excluding carboxylic acids is 1. The quantitative estimate of drug-likeness (QED) is 0.101. The zero-order valence-corrected chi connectivity index (χ0v) is 22.7. The van der Waals surface area contributed by atoms with Crippen molar-refractivity contribution >= 4 is 5.97 Å². The molecule has 0 aliphatic heterocycles. The van der Waals surface area contributed by atoms with Crippen LogP contribution in [0.25, 0.3) is 0 Å². The fourth-order valence-corrected chi connectivity index (χ4v) is 2.42. The summed E-state index contributed by atoms with van der Waals surface area (Å²) in [5, 5.41) is 0. The molecule has 0 aliphatic carbocycles. The SMILES string of the molecule is CC(=O)OCCOCCOCCOCCOCCOCCOCCOCCOCCOCCC(C)C. The van der Waals surface area contributed by atoms with E-state index < -0.39 is 0 Å². The Bertz CT molecular complexity index is 438. The molecule has 0 aromatic heterocycles. The van der Waals surface area contributed by atoms with Crippen LogP contribution in [0.5, 0.6) is 0 Å². The molecule has 0 aromatic carbocycles. The van der Waals surface area contributed by atoms with E-state index in [2.05, 4.69) is 13.8 Å². The normalized spacial score (nSPS) is 11.4. The first-order valence-corrected chi connectivity index (χ1v) is 13.0. The Morgan fingerprint density at radius 1 is 0.417 bits per heavy atom. The highest BCUT2D eigenvalue weighted by atomic mass is 16.6. The highest BCUT2D eigenvalue weighted by Gasteiger charge is 1.97. The molecule has 0 spiro atoms. The Labute approximate surface area is 217 Å². The topological polar surface area (TPSA) is 109 Å². The number of ether oxygens (including phenoxy) is 10. The molecule has 0 aliphatic rings. The summed E-state index contributed by atoms with van der Waals surface area (Å²) in [4.78, 5) is 10.6. The number of esters is 1. The van der Waals surface area contributed by atoms with Crippen molar-refractivity contribution in [1.29, 1.82) is 0 Å². The zero-order chi connectivity index (χ0) is 26.4. The third-order valence-corrected chi connectivity index (χ3v) is 4.35. The number of rotatable bonds is 30. The van der Waals surface area contributed by atoms with Gasteiger partial charge in [0.1, 0.15) is 6.61 Å². The van der Waals surface area contributed by atoms with Gasteiger partial charge in [-0.1, -0.05) is 13.8 Å². The fraction of sp³-hybridized carbons (Fsp3) is 0.960. The third kappa shape index (κ3) is 33.1. The second kappa shape index (κ2) is 30.3. The molecule has 0 unspecified atom stereocenters. The maximum absolute atomic E-state index is 10.6. The maximum atomic E-state index is 10.6. The highest BCUT2D eigenvalue weighted by Crippen LogP contribution is 1.98. The molecule has 0 bridgehead atoms. The lowest BCUT2D eigenvalue weighted by Gasteiger charge is -2.09. The van der Waals surface area contributed by atoms with Crippen molar-refractivity contribution in [3.05, 3.63) is 0 Å². The van der Waals surface area contributed by atoms with Crippen LogP contribution >= 0.6 is 0 Å². The Morgan fingerprint density at radius 2 is 0.639 bits per heavy atom. The minimum absolute atomic E-state index is 0.263. The van der Waals surface area contributed by atoms with E-state index in [1.54, 1.807) is 0 Å². The van der Waals surface area contributed by atoms with E-state index in [4.69, 9.17) is 47.4 Å². The van der Waals surface area contributed by atoms with Crippen LogP contribution in [0.1, 0.15) is 27.2 Å². The molecule has 11 nitrogen and oxygen atoms in total. The van der Waals surface area contributed by atoms with Crippen LogP contribution in [0.3, 0.4) is 0 Å². The molecule has 11 heteroatoms. The van der Waals surface area contributed by atoms with E-state index >= 15 is 0 Å². The van der Waals surface area contributed by atoms with E-state index in [0.717, 1.165) is 13.0 Å². The van der Waals surface area contributed by atoms with Crippen LogP contribution in [-0.4, -0.2) is 132 Å². The predicted octanol–water partition coefficient (Wildman–Crippen LogP) is 1.75. The summed E-state index contributed by atoms with van der Waals surface area (Å²) in [5.41, 5.74) is 0. The Kier molecular flexibility index (Phi) is 29.6. The number of hydrogen-bond acceptors (Lipinski definition) is 11. The third-order valence-electron chi connectivity index (χ3n) is 4.35. The van der Waals surface area contributed by atoms with E-state index in [9.17, 15) is 4.79 Å². The summed E-state index contributed by atoms with van der Waals surface area (Å²) in [6, 6.07) is 0. The average molecular weight is 527 g/mol. The molecule has 0 heterocycles. The standard InChI is InChI=1S/C25H50O11/c1-24(2)4-5-27-6-7-28-8-9-29-10-11-30-12-13-31-14-15-32-16-17-33-18-19-34-20-21-35-22-23-36-25(3)26/h24H,4-23H2,1-3H3. The Morgan fingerprint density at radius 3 is 0.861 bits per heavy atom. The Balaban J connectivity index is 3.03. The van der Waals surface area contributed by atoms with Crippen LogP contribution in [0.15, 0.2) is 0 Å². The van der Waals surface area contributed by atoms with E-state index in [1.165, 1.54) is 6.92 Å². The molecule has 0 saturated carbocycles. The maximum Gasteiger partial charge on any atom is 0.302 e. The number of hydrogen-bond donors (Lipinski definition) is 0. The molecule has 0 rings (SSSR count). The average Bonchev–Trinajstić information content (AvgIpc) is 2.85. The van der Waals surface area contributed by atoms with Gasteiger partial charge in [0, 0.05) is 13.5 Å². The van der Waals surface area contributed by atoms with Crippen molar-refractivity contribution in [2.24, 2.45) is 5.92 Å². The summed E-state index contributed by atoms with van der Waals surface area (Å²) < 4.78 is 53.5. The van der Waals surface area contributed by atoms with Crippen LogP contribution in [0, 0.1) is 5.92 Å². The highest BCUT2D eigenvalue weighted by molar-refractivity contribution is 5.65. The molecule has 0 atom stereocenters. The summed E-state index contributed by atoms with van der Waals surface area (Å²) in [6.45, 7) is 15.5. The van der Waals surface area contributed by atoms with Gasteiger partial charge in [0.2, 0.25) is 0 Å². The first kappa shape index (κ1) is 35.1. The van der Waals surface area contributed by atoms with Gasteiger partial charge in [-0.15, -0.1) is 0 Å². The van der Waals surface area contributed by atoms with Crippen LogP contribution < -0.4 is 0 Å². The number of carbonyl (C=O) groups is 1. The van der Waals surface area contributed by atoms with Gasteiger partial charge in [-0.05, 0) is 12.3 Å². The molecular formula is C25H50O11. The first-order chi connectivity index (χ1) is 17.6. The van der Waals surface area contributed by atoms with Crippen molar-refractivity contribution in [3.8, 4) is 0 Å². The zero-order valence-electron chi connectivity index (χ0n) is 22.7. The van der Waals surface area contributed by atoms with Gasteiger partial charge in [-0.2, -0.15) is 0 Å². The molecule has 0 N–H and O–H groups in total. The van der Waals surface area contributed by atoms with Gasteiger partial charge in [0.05, 0.1) is 112 Å². The van der Waals surface area contributed by atoms with Gasteiger partial charge in [0.15, 0.2) is 0 Å². The molecule has 36 heavy (non-hydrogen) atoms. The molecule has 0 amide bonds. The monoisotopic (exact) mass is 526 g/mol. The lowest BCUT2D eigenvalue weighted by molar-refractivity contribution is -0.142. The van der Waals surface area contributed by atoms with Crippen molar-refractivity contribution in [3.63, 3.8) is 0 Å². The van der Waals surface area contributed by atoms with Gasteiger partial charge < -0.3 is 47.4 Å². The van der Waals surface area contributed by atoms with Crippen LogP contribution in [0.4, 0.5) is 0 Å². The minimum Gasteiger partial charge on any atom is -0.463 e. The Hall–Kier alpha value is -0.890. The van der Waals surface area contributed by atoms with Gasteiger partial charge in [-0.3, -0.25) is 4.79 Å². The summed E-state index contributed by atoms with van der Waals surface area (Å²) in [6.07, 6.45) is 1.08. The molecular weight excluding hydrogens is 476 g/mol. The second-order valence-corrected chi connectivity index (χ2v) is 8.03. The second-order valence-electron chi connectivity index (χ2n) is 8.03. The van der Waals surface area contributed by atoms with Crippen molar-refractivity contribution in [2.45, 2.75) is 27.2 Å². The smallest absolute Gasteiger partial charge is 0.302 e. The van der Waals surface area contributed by atoms with Gasteiger partial charge in [-0.25, -0.2) is 0 Å². The minimum atomic E-state index is -0.307. The van der Waals surface area contributed by atoms with Gasteiger partial charge >= 0.3 is 5.97 Å². The molecule has 0 fully saturated rings. The summed E-state index contributed by atoms with van der Waals surface area (Å²) >= 11 is 0. The van der Waals surface area contributed by atoms with Crippen molar-refractivity contribution in [2.75, 3.05) is 126 Å². The summed E-state index contributed by atoms with van der Waals surface area (Å²) in [5.74, 6) is 0.362. The van der Waals surface area contributed by atoms with E-state index in [1.807, 2.05) is 0 Å². The van der Waals surface area contributed by atoms with Crippen LogP contribution in [-0.2, 0) is 52.2 Å². The van der Waals surface area contributed by atoms with Crippen molar-refractivity contribution < 1.29 is 52.2 Å². The van der Waals surface area contributed by atoms with Crippen molar-refractivity contribution in [1.82, 2.24) is 0 Å². The van der Waals surface area contributed by atoms with Gasteiger partial charge in [0.25, 0.3) is 0 Å². The molecule has 216 valence electrons. The largest absolute Gasteiger partial charge is 0.463 e. The predicted molar refractivity (Wildman–Crippen MR) is 133 cm³/mol. The van der Waals surface area contributed by atoms with Crippen LogP contribution in [0.2, 0.25) is 0 Å². The first-order valence-electron chi connectivity index (χ1n) is 13.0. The lowest BCUT2D eigenvalue weighted by Crippen LogP contribution is -2.15. The summed E-state index contributed by atoms with van der Waals surface area (Å²) in [7, 11) is 0. The van der Waals surface area contributed by atoms with E-state index in [0.29, 0.717) is 118 Å². The lowest BCUT2D eigenvalue weighted by atomic mass is 10.1.